The van der Waals surface area contributed by atoms with Crippen LogP contribution in [0.2, 0.25) is 0 Å². The molecule has 0 amide bonds. The fourth-order valence-corrected chi connectivity index (χ4v) is 1.82. The molecule has 0 aliphatic carbocycles. The Morgan fingerprint density at radius 1 is 1.33 bits per heavy atom. The van der Waals surface area contributed by atoms with Crippen molar-refractivity contribution in [3.63, 3.8) is 0 Å². The van der Waals surface area contributed by atoms with Gasteiger partial charge in [-0.15, -0.1) is 0 Å². The largest absolute Gasteiger partial charge is 0.478 e. The van der Waals surface area contributed by atoms with Crippen LogP contribution in [0.25, 0.3) is 0 Å². The van der Waals surface area contributed by atoms with Gasteiger partial charge >= 0.3 is 5.97 Å². The van der Waals surface area contributed by atoms with Crippen LogP contribution in [0.1, 0.15) is 10.4 Å². The Labute approximate surface area is 95.4 Å². The van der Waals surface area contributed by atoms with Crippen molar-refractivity contribution in [1.29, 1.82) is 0 Å². The molecule has 0 saturated heterocycles. The molecule has 0 unspecified atom stereocenters. The van der Waals surface area contributed by atoms with Crippen LogP contribution in [0.3, 0.4) is 0 Å². The van der Waals surface area contributed by atoms with Crippen molar-refractivity contribution in [2.24, 2.45) is 0 Å². The quantitative estimate of drug-likeness (QED) is 0.590. The number of hydrogen-bond acceptors (Lipinski definition) is 1. The predicted molar refractivity (Wildman–Crippen MR) is 58.8 cm³/mol. The predicted octanol–water partition coefficient (Wildman–Crippen LogP) is 2.73. The fourth-order valence-electron chi connectivity index (χ4n) is 0.723. The summed E-state index contributed by atoms with van der Waals surface area (Å²) >= 11 is 3.55. The number of carboxylic acids is 1. The zero-order chi connectivity index (χ0) is 9.30. The molecule has 0 fully saturated rings. The Bertz CT molecular complexity index is 338. The molecule has 0 atom stereocenters. The molecule has 0 spiro atoms. The van der Waals surface area contributed by atoms with Gasteiger partial charge in [0, 0.05) is 7.14 Å². The van der Waals surface area contributed by atoms with Gasteiger partial charge in [-0.3, -0.25) is 0 Å². The van der Waals surface area contributed by atoms with Crippen LogP contribution in [-0.2, 0) is 0 Å². The van der Waals surface area contributed by atoms with Crippen molar-refractivity contribution in [3.05, 3.63) is 30.7 Å². The van der Waals surface area contributed by atoms with Gasteiger partial charge in [0.1, 0.15) is 5.56 Å². The summed E-state index contributed by atoms with van der Waals surface area (Å²) in [6, 6.07) is 3.12. The molecule has 1 aromatic carbocycles. The van der Waals surface area contributed by atoms with Gasteiger partial charge in [-0.1, -0.05) is 0 Å². The third kappa shape index (κ3) is 1.87. The van der Waals surface area contributed by atoms with Crippen LogP contribution >= 0.6 is 45.2 Å². The number of hydrogen-bond donors (Lipinski definition) is 1. The molecule has 0 heterocycles. The van der Waals surface area contributed by atoms with E-state index in [1.54, 1.807) is 57.3 Å². The van der Waals surface area contributed by atoms with Gasteiger partial charge in [0.2, 0.25) is 0 Å². The van der Waals surface area contributed by atoms with E-state index in [1.165, 1.54) is 0 Å². The van der Waals surface area contributed by atoms with E-state index in [2.05, 4.69) is 0 Å². The molecule has 1 aromatic rings. The van der Waals surface area contributed by atoms with E-state index >= 15 is 0 Å². The highest BCUT2D eigenvalue weighted by Gasteiger charge is 2.16. The number of rotatable bonds is 1. The third-order valence-electron chi connectivity index (χ3n) is 1.26. The first-order valence-electron chi connectivity index (χ1n) is 2.91. The van der Waals surface area contributed by atoms with E-state index in [0.717, 1.165) is 0 Å². The lowest BCUT2D eigenvalue weighted by atomic mass is 10.2. The second kappa shape index (κ2) is 3.86. The van der Waals surface area contributed by atoms with Crippen molar-refractivity contribution in [3.8, 4) is 0 Å². The number of carbonyl (C=O) groups is 1. The molecule has 0 saturated carbocycles. The zero-order valence-electron chi connectivity index (χ0n) is 5.64. The van der Waals surface area contributed by atoms with E-state index in [9.17, 15) is 9.18 Å². The van der Waals surface area contributed by atoms with Gasteiger partial charge in [0.05, 0.1) is 0 Å². The molecular formula is C7H3FI2O2. The van der Waals surface area contributed by atoms with Gasteiger partial charge in [-0.05, 0) is 57.3 Å². The van der Waals surface area contributed by atoms with Crippen LogP contribution in [0.5, 0.6) is 0 Å². The summed E-state index contributed by atoms with van der Waals surface area (Å²) in [6.45, 7) is 0. The number of halogens is 3. The van der Waals surface area contributed by atoms with E-state index < -0.39 is 11.8 Å². The molecular weight excluding hydrogens is 389 g/mol. The van der Waals surface area contributed by atoms with Crippen LogP contribution in [-0.4, -0.2) is 11.1 Å². The molecule has 1 N–H and O–H groups in total. The van der Waals surface area contributed by atoms with Crippen molar-refractivity contribution in [1.82, 2.24) is 0 Å². The Morgan fingerprint density at radius 3 is 2.25 bits per heavy atom. The van der Waals surface area contributed by atoms with Gasteiger partial charge in [-0.2, -0.15) is 0 Å². The Balaban J connectivity index is 3.43. The van der Waals surface area contributed by atoms with Gasteiger partial charge in [0.25, 0.3) is 0 Å². The van der Waals surface area contributed by atoms with Gasteiger partial charge < -0.3 is 5.11 Å². The Hall–Kier alpha value is 0.0800. The van der Waals surface area contributed by atoms with Crippen LogP contribution in [0.15, 0.2) is 12.1 Å². The van der Waals surface area contributed by atoms with Crippen molar-refractivity contribution >= 4 is 51.2 Å². The smallest absolute Gasteiger partial charge is 0.339 e. The van der Waals surface area contributed by atoms with Crippen LogP contribution in [0.4, 0.5) is 4.39 Å². The van der Waals surface area contributed by atoms with E-state index in [4.69, 9.17) is 5.11 Å². The number of aromatic carboxylic acids is 1. The lowest BCUT2D eigenvalue weighted by Gasteiger charge is -2.01. The highest BCUT2D eigenvalue weighted by atomic mass is 127. The molecule has 64 valence electrons. The topological polar surface area (TPSA) is 37.3 Å². The summed E-state index contributed by atoms with van der Waals surface area (Å²) in [4.78, 5) is 10.5. The summed E-state index contributed by atoms with van der Waals surface area (Å²) in [6.07, 6.45) is 0. The van der Waals surface area contributed by atoms with Crippen LogP contribution in [0, 0.1) is 13.0 Å². The van der Waals surface area contributed by atoms with Gasteiger partial charge in [0.15, 0.2) is 5.82 Å². The molecule has 1 rings (SSSR count). The summed E-state index contributed by atoms with van der Waals surface area (Å²) in [5.41, 5.74) is -0.248. The average Bonchev–Trinajstić information content (AvgIpc) is 1.97. The standard InChI is InChI=1S/C7H3FI2O2/c8-6-4(10)2-1-3(9)5(6)7(11)12/h1-2H,(H,11,12). The molecule has 0 bridgehead atoms. The second-order valence-corrected chi connectivity index (χ2v) is 4.35. The van der Waals surface area contributed by atoms with E-state index in [0.29, 0.717) is 7.14 Å². The minimum Gasteiger partial charge on any atom is -0.478 e. The molecule has 0 aliphatic rings. The summed E-state index contributed by atoms with van der Waals surface area (Å²) in [7, 11) is 0. The monoisotopic (exact) mass is 392 g/mol. The zero-order valence-corrected chi connectivity index (χ0v) is 9.96. The molecule has 2 nitrogen and oxygen atoms in total. The number of benzene rings is 1. The number of carboxylic acid groups (broad SMARTS) is 1. The summed E-state index contributed by atoms with van der Waals surface area (Å²) in [5.74, 6) is -1.88. The maximum atomic E-state index is 13.1. The van der Waals surface area contributed by atoms with E-state index in [1.807, 2.05) is 0 Å². The average molecular weight is 392 g/mol. The molecule has 12 heavy (non-hydrogen) atoms. The van der Waals surface area contributed by atoms with Crippen LogP contribution < -0.4 is 0 Å². The summed E-state index contributed by atoms with van der Waals surface area (Å²) in [5, 5.41) is 8.62. The minimum absolute atomic E-state index is 0.248. The highest BCUT2D eigenvalue weighted by molar-refractivity contribution is 14.1. The first kappa shape index (κ1) is 10.2. The van der Waals surface area contributed by atoms with Gasteiger partial charge in [-0.25, -0.2) is 9.18 Å². The molecule has 0 aliphatic heterocycles. The first-order chi connectivity index (χ1) is 5.54. The normalized spacial score (nSPS) is 9.92. The third-order valence-corrected chi connectivity index (χ3v) is 2.99. The van der Waals surface area contributed by atoms with Crippen molar-refractivity contribution < 1.29 is 14.3 Å². The summed E-state index contributed by atoms with van der Waals surface area (Å²) < 4.78 is 13.9. The maximum Gasteiger partial charge on any atom is 0.339 e. The van der Waals surface area contributed by atoms with Crippen molar-refractivity contribution in [2.45, 2.75) is 0 Å². The Morgan fingerprint density at radius 2 is 1.83 bits per heavy atom. The highest BCUT2D eigenvalue weighted by Crippen LogP contribution is 2.20. The lowest BCUT2D eigenvalue weighted by Crippen LogP contribution is -2.05. The SMILES string of the molecule is O=C(O)c1c(I)ccc(I)c1F. The maximum absolute atomic E-state index is 13.1. The molecule has 5 heteroatoms. The Kier molecular flexibility index (Phi) is 3.27. The molecule has 0 radical (unpaired) electrons. The first-order valence-corrected chi connectivity index (χ1v) is 5.06. The lowest BCUT2D eigenvalue weighted by molar-refractivity contribution is 0.0690. The second-order valence-electron chi connectivity index (χ2n) is 2.02. The molecule has 0 aromatic heterocycles. The van der Waals surface area contributed by atoms with E-state index in [-0.39, 0.29) is 5.56 Å². The fraction of sp³-hybridized carbons (Fsp3) is 0. The van der Waals surface area contributed by atoms with Crippen molar-refractivity contribution in [2.75, 3.05) is 0 Å². The minimum atomic E-state index is -1.23.